The molecule has 0 aromatic carbocycles. The van der Waals surface area contributed by atoms with Crippen LogP contribution in [0.2, 0.25) is 0 Å². The fourth-order valence-electron chi connectivity index (χ4n) is 1.28. The van der Waals surface area contributed by atoms with Crippen LogP contribution in [0.25, 0.3) is 11.2 Å². The summed E-state index contributed by atoms with van der Waals surface area (Å²) >= 11 is 0. The molecule has 2 aromatic rings. The Bertz CT molecular complexity index is 382. The zero-order valence-corrected chi connectivity index (χ0v) is 7.85. The van der Waals surface area contributed by atoms with Crippen molar-refractivity contribution in [2.24, 2.45) is 0 Å². The molecule has 14 heavy (non-hydrogen) atoms. The Hall–Kier alpha value is -1.71. The second-order valence-electron chi connectivity index (χ2n) is 3.06. The predicted octanol–water partition coefficient (Wildman–Crippen LogP) is 2.08. The van der Waals surface area contributed by atoms with Crippen LogP contribution in [0.3, 0.4) is 0 Å². The Morgan fingerprint density at radius 3 is 2.64 bits per heavy atom. The molecule has 1 aliphatic rings. The van der Waals surface area contributed by atoms with Crippen molar-refractivity contribution in [1.29, 1.82) is 0 Å². The smallest absolute Gasteiger partial charge is 0.180 e. The first-order chi connectivity index (χ1) is 6.97. The van der Waals surface area contributed by atoms with Crippen LogP contribution in [-0.4, -0.2) is 19.9 Å². The van der Waals surface area contributed by atoms with Crippen molar-refractivity contribution in [3.8, 4) is 0 Å². The Morgan fingerprint density at radius 1 is 1.14 bits per heavy atom. The summed E-state index contributed by atoms with van der Waals surface area (Å²) in [5.74, 6) is 0. The third-order valence-corrected chi connectivity index (χ3v) is 2.01. The highest BCUT2D eigenvalue weighted by Crippen LogP contribution is 2.05. The molecule has 4 heteroatoms. The molecule has 2 aromatic heterocycles. The molecule has 0 fully saturated rings. The average molecular weight is 188 g/mol. The number of H-pyrrole nitrogens is 1. The number of hydrogen-bond donors (Lipinski definition) is 1. The maximum atomic E-state index is 3.91. The highest BCUT2D eigenvalue weighted by molar-refractivity contribution is 5.67. The number of imidazole rings is 1. The molecule has 0 radical (unpaired) electrons. The van der Waals surface area contributed by atoms with Gasteiger partial charge < -0.3 is 4.98 Å². The van der Waals surface area contributed by atoms with Gasteiger partial charge in [-0.3, -0.25) is 0 Å². The first-order valence-corrected chi connectivity index (χ1v) is 4.71. The van der Waals surface area contributed by atoms with Crippen molar-refractivity contribution in [1.82, 2.24) is 19.9 Å². The quantitative estimate of drug-likeness (QED) is 0.644. The molecule has 1 N–H and O–H groups in total. The van der Waals surface area contributed by atoms with Crippen molar-refractivity contribution < 1.29 is 0 Å². The minimum absolute atomic E-state index is 0.713. The van der Waals surface area contributed by atoms with Gasteiger partial charge in [0.2, 0.25) is 0 Å². The monoisotopic (exact) mass is 188 g/mol. The Balaban J connectivity index is 0.000000128. The lowest BCUT2D eigenvalue weighted by molar-refractivity contribution is 0.929. The fraction of sp³-hybridized carbons (Fsp3) is 0.300. The lowest BCUT2D eigenvalue weighted by Crippen LogP contribution is -1.76. The summed E-state index contributed by atoms with van der Waals surface area (Å²) in [5, 5.41) is 0. The molecule has 72 valence electrons. The van der Waals surface area contributed by atoms with Crippen molar-refractivity contribution >= 4 is 11.2 Å². The fourth-order valence-corrected chi connectivity index (χ4v) is 1.28. The molecule has 4 nitrogen and oxygen atoms in total. The Labute approximate surface area is 82.1 Å². The van der Waals surface area contributed by atoms with Gasteiger partial charge in [-0.25, -0.2) is 15.0 Å². The zero-order valence-electron chi connectivity index (χ0n) is 7.85. The van der Waals surface area contributed by atoms with Crippen LogP contribution in [0, 0.1) is 0 Å². The van der Waals surface area contributed by atoms with E-state index in [2.05, 4.69) is 32.1 Å². The number of aromatic amines is 1. The van der Waals surface area contributed by atoms with Crippen LogP contribution in [0.15, 0.2) is 31.0 Å². The zero-order chi connectivity index (χ0) is 9.64. The van der Waals surface area contributed by atoms with E-state index in [0.29, 0.717) is 5.65 Å². The molecule has 0 unspecified atom stereocenters. The van der Waals surface area contributed by atoms with E-state index in [4.69, 9.17) is 0 Å². The van der Waals surface area contributed by atoms with Gasteiger partial charge in [-0.15, -0.1) is 0 Å². The highest BCUT2D eigenvalue weighted by atomic mass is 15.0. The maximum Gasteiger partial charge on any atom is 0.180 e. The summed E-state index contributed by atoms with van der Waals surface area (Å²) in [6, 6.07) is 0. The largest absolute Gasteiger partial charge is 0.342 e. The number of nitrogens with one attached hydrogen (secondary N) is 1. The van der Waals surface area contributed by atoms with Crippen molar-refractivity contribution in [3.63, 3.8) is 0 Å². The number of fused-ring (bicyclic) bond motifs is 1. The first-order valence-electron chi connectivity index (χ1n) is 4.71. The van der Waals surface area contributed by atoms with Crippen LogP contribution in [0.5, 0.6) is 0 Å². The van der Waals surface area contributed by atoms with Crippen molar-refractivity contribution in [2.75, 3.05) is 0 Å². The molecular weight excluding hydrogens is 176 g/mol. The summed E-state index contributed by atoms with van der Waals surface area (Å²) in [7, 11) is 0. The van der Waals surface area contributed by atoms with E-state index < -0.39 is 0 Å². The maximum absolute atomic E-state index is 3.91. The molecule has 0 bridgehead atoms. The number of aromatic nitrogens is 4. The van der Waals surface area contributed by atoms with Gasteiger partial charge in [0.05, 0.1) is 12.5 Å². The van der Waals surface area contributed by atoms with Gasteiger partial charge in [-0.2, -0.15) is 0 Å². The summed E-state index contributed by atoms with van der Waals surface area (Å²) < 4.78 is 0. The minimum Gasteiger partial charge on any atom is -0.342 e. The summed E-state index contributed by atoms with van der Waals surface area (Å²) in [6.45, 7) is 0. The highest BCUT2D eigenvalue weighted by Gasteiger charge is 1.91. The first kappa shape index (κ1) is 8.87. The Kier molecular flexibility index (Phi) is 2.85. The van der Waals surface area contributed by atoms with Gasteiger partial charge in [0.25, 0.3) is 0 Å². The summed E-state index contributed by atoms with van der Waals surface area (Å²) in [6.07, 6.45) is 13.3. The van der Waals surface area contributed by atoms with E-state index in [1.54, 1.807) is 12.5 Å². The molecular formula is C10H12N4. The van der Waals surface area contributed by atoms with Gasteiger partial charge in [0.1, 0.15) is 11.8 Å². The van der Waals surface area contributed by atoms with E-state index >= 15 is 0 Å². The SMILES string of the molecule is C1=CCCC1.c1ncc2[nH]cnc2n1. The van der Waals surface area contributed by atoms with Gasteiger partial charge in [0, 0.05) is 0 Å². The van der Waals surface area contributed by atoms with Gasteiger partial charge in [0.15, 0.2) is 5.65 Å². The van der Waals surface area contributed by atoms with E-state index in [1.807, 2.05) is 0 Å². The molecule has 0 amide bonds. The lowest BCUT2D eigenvalue weighted by Gasteiger charge is -1.80. The van der Waals surface area contributed by atoms with Crippen LogP contribution in [-0.2, 0) is 0 Å². The van der Waals surface area contributed by atoms with E-state index in [1.165, 1.54) is 25.6 Å². The number of nitrogens with zero attached hydrogens (tertiary/aromatic N) is 3. The van der Waals surface area contributed by atoms with E-state index in [-0.39, 0.29) is 0 Å². The van der Waals surface area contributed by atoms with Crippen molar-refractivity contribution in [3.05, 3.63) is 31.0 Å². The van der Waals surface area contributed by atoms with Crippen LogP contribution >= 0.6 is 0 Å². The van der Waals surface area contributed by atoms with Gasteiger partial charge in [-0.1, -0.05) is 12.2 Å². The van der Waals surface area contributed by atoms with Crippen LogP contribution in [0.4, 0.5) is 0 Å². The molecule has 2 heterocycles. The minimum atomic E-state index is 0.713. The van der Waals surface area contributed by atoms with Crippen molar-refractivity contribution in [2.45, 2.75) is 19.3 Å². The molecule has 1 aliphatic carbocycles. The normalized spacial score (nSPS) is 14.0. The second kappa shape index (κ2) is 4.50. The third-order valence-electron chi connectivity index (χ3n) is 2.01. The van der Waals surface area contributed by atoms with Crippen LogP contribution in [0.1, 0.15) is 19.3 Å². The molecule has 0 atom stereocenters. The molecule has 0 saturated carbocycles. The molecule has 0 aliphatic heterocycles. The standard InChI is InChI=1S/C5H4N4.C5H8/c1-4-5(8-2-6-1)9-3-7-4;1-2-4-5-3-1/h1-3H,(H,6,7,8,9);1-2H,3-5H2. The van der Waals surface area contributed by atoms with E-state index in [0.717, 1.165) is 5.52 Å². The number of hydrogen-bond acceptors (Lipinski definition) is 3. The molecule has 0 spiro atoms. The van der Waals surface area contributed by atoms with Crippen LogP contribution < -0.4 is 0 Å². The third kappa shape index (κ3) is 2.16. The second-order valence-corrected chi connectivity index (χ2v) is 3.06. The number of allylic oxidation sites excluding steroid dienone is 2. The lowest BCUT2D eigenvalue weighted by atomic mass is 10.4. The molecule has 3 rings (SSSR count). The molecule has 0 saturated heterocycles. The van der Waals surface area contributed by atoms with Gasteiger partial charge >= 0.3 is 0 Å². The average Bonchev–Trinajstić information content (AvgIpc) is 2.92. The summed E-state index contributed by atoms with van der Waals surface area (Å²) in [4.78, 5) is 14.5. The Morgan fingerprint density at radius 2 is 2.00 bits per heavy atom. The predicted molar refractivity (Wildman–Crippen MR) is 54.7 cm³/mol. The number of rotatable bonds is 0. The summed E-state index contributed by atoms with van der Waals surface area (Å²) in [5.41, 5.74) is 1.59. The van der Waals surface area contributed by atoms with E-state index in [9.17, 15) is 0 Å². The topological polar surface area (TPSA) is 54.5 Å². The van der Waals surface area contributed by atoms with Gasteiger partial charge in [-0.05, 0) is 19.3 Å².